The van der Waals surface area contributed by atoms with Crippen molar-refractivity contribution in [3.05, 3.63) is 35.4 Å². The van der Waals surface area contributed by atoms with E-state index in [1.807, 2.05) is 0 Å². The molecular weight excluding hydrogens is 184 g/mol. The SMILES string of the molecule is Cc1cccc(C2(O)CC3CCC2C3)c1. The van der Waals surface area contributed by atoms with E-state index in [9.17, 15) is 5.11 Å². The first-order valence-electron chi connectivity index (χ1n) is 5.98. The maximum atomic E-state index is 10.8. The number of rotatable bonds is 1. The predicted octanol–water partition coefficient (Wildman–Crippen LogP) is 3.00. The molecule has 1 heteroatoms. The lowest BCUT2D eigenvalue weighted by Crippen LogP contribution is -2.32. The molecule has 1 nitrogen and oxygen atoms in total. The second-order valence-electron chi connectivity index (χ2n) is 5.37. The Balaban J connectivity index is 2.00. The molecule has 0 radical (unpaired) electrons. The van der Waals surface area contributed by atoms with Gasteiger partial charge in [-0.05, 0) is 50.0 Å². The summed E-state index contributed by atoms with van der Waals surface area (Å²) in [5, 5.41) is 10.8. The molecular formula is C14H18O. The van der Waals surface area contributed by atoms with Crippen LogP contribution in [-0.4, -0.2) is 5.11 Å². The lowest BCUT2D eigenvalue weighted by atomic mass is 9.78. The van der Waals surface area contributed by atoms with Crippen LogP contribution in [0.1, 0.15) is 36.8 Å². The predicted molar refractivity (Wildman–Crippen MR) is 60.5 cm³/mol. The molecule has 2 aliphatic carbocycles. The first kappa shape index (κ1) is 9.41. The van der Waals surface area contributed by atoms with E-state index in [4.69, 9.17) is 0 Å². The summed E-state index contributed by atoms with van der Waals surface area (Å²) >= 11 is 0. The highest BCUT2D eigenvalue weighted by molar-refractivity contribution is 5.30. The lowest BCUT2D eigenvalue weighted by molar-refractivity contribution is -0.0182. The number of hydrogen-bond acceptors (Lipinski definition) is 1. The highest BCUT2D eigenvalue weighted by atomic mass is 16.3. The highest BCUT2D eigenvalue weighted by Gasteiger charge is 2.50. The summed E-state index contributed by atoms with van der Waals surface area (Å²) in [6, 6.07) is 8.41. The van der Waals surface area contributed by atoms with Gasteiger partial charge in [0.05, 0.1) is 5.60 Å². The molecule has 1 aromatic carbocycles. The van der Waals surface area contributed by atoms with Gasteiger partial charge in [0.1, 0.15) is 0 Å². The molecule has 2 saturated carbocycles. The van der Waals surface area contributed by atoms with Crippen molar-refractivity contribution in [2.24, 2.45) is 11.8 Å². The van der Waals surface area contributed by atoms with Crippen molar-refractivity contribution in [3.8, 4) is 0 Å². The van der Waals surface area contributed by atoms with Crippen LogP contribution in [-0.2, 0) is 5.60 Å². The summed E-state index contributed by atoms with van der Waals surface area (Å²) in [4.78, 5) is 0. The van der Waals surface area contributed by atoms with E-state index in [1.165, 1.54) is 24.8 Å². The molecule has 1 N–H and O–H groups in total. The van der Waals surface area contributed by atoms with Crippen LogP contribution < -0.4 is 0 Å². The molecule has 80 valence electrons. The molecule has 0 aromatic heterocycles. The van der Waals surface area contributed by atoms with Crippen molar-refractivity contribution >= 4 is 0 Å². The van der Waals surface area contributed by atoms with Crippen molar-refractivity contribution in [2.75, 3.05) is 0 Å². The van der Waals surface area contributed by atoms with Gasteiger partial charge in [0, 0.05) is 0 Å². The maximum Gasteiger partial charge on any atom is 0.0927 e. The molecule has 0 amide bonds. The average Bonchev–Trinajstić information content (AvgIpc) is 2.78. The van der Waals surface area contributed by atoms with Gasteiger partial charge in [-0.1, -0.05) is 29.8 Å². The van der Waals surface area contributed by atoms with Gasteiger partial charge >= 0.3 is 0 Å². The van der Waals surface area contributed by atoms with Crippen LogP contribution in [0, 0.1) is 18.8 Å². The van der Waals surface area contributed by atoms with Crippen LogP contribution in [0.5, 0.6) is 0 Å². The number of fused-ring (bicyclic) bond motifs is 2. The maximum absolute atomic E-state index is 10.8. The zero-order valence-corrected chi connectivity index (χ0v) is 9.24. The van der Waals surface area contributed by atoms with Gasteiger partial charge in [0.25, 0.3) is 0 Å². The number of benzene rings is 1. The third-order valence-corrected chi connectivity index (χ3v) is 4.33. The zero-order chi connectivity index (χ0) is 10.5. The summed E-state index contributed by atoms with van der Waals surface area (Å²) in [6.45, 7) is 2.10. The fourth-order valence-electron chi connectivity index (χ4n) is 3.57. The monoisotopic (exact) mass is 202 g/mol. The Kier molecular flexibility index (Phi) is 1.93. The van der Waals surface area contributed by atoms with Crippen LogP contribution in [0.4, 0.5) is 0 Å². The summed E-state index contributed by atoms with van der Waals surface area (Å²) in [5.74, 6) is 1.30. The van der Waals surface area contributed by atoms with Gasteiger partial charge in [0.2, 0.25) is 0 Å². The van der Waals surface area contributed by atoms with Gasteiger partial charge in [-0.25, -0.2) is 0 Å². The smallest absolute Gasteiger partial charge is 0.0927 e. The van der Waals surface area contributed by atoms with Crippen LogP contribution in [0.3, 0.4) is 0 Å². The Morgan fingerprint density at radius 1 is 1.33 bits per heavy atom. The Labute approximate surface area is 91.1 Å². The first-order valence-corrected chi connectivity index (χ1v) is 5.98. The summed E-state index contributed by atoms with van der Waals surface area (Å²) in [5.41, 5.74) is 1.90. The number of aliphatic hydroxyl groups is 1. The third-order valence-electron chi connectivity index (χ3n) is 4.33. The minimum atomic E-state index is -0.505. The Hall–Kier alpha value is -0.820. The molecule has 2 fully saturated rings. The van der Waals surface area contributed by atoms with Crippen molar-refractivity contribution in [3.63, 3.8) is 0 Å². The van der Waals surface area contributed by atoms with Crippen LogP contribution in [0.15, 0.2) is 24.3 Å². The molecule has 3 atom stereocenters. The van der Waals surface area contributed by atoms with Gasteiger partial charge in [-0.2, -0.15) is 0 Å². The molecule has 15 heavy (non-hydrogen) atoms. The lowest BCUT2D eigenvalue weighted by Gasteiger charge is -2.33. The number of hydrogen-bond donors (Lipinski definition) is 1. The van der Waals surface area contributed by atoms with Crippen LogP contribution in [0.25, 0.3) is 0 Å². The molecule has 3 unspecified atom stereocenters. The van der Waals surface area contributed by atoms with Crippen molar-refractivity contribution in [1.82, 2.24) is 0 Å². The van der Waals surface area contributed by atoms with E-state index < -0.39 is 5.60 Å². The largest absolute Gasteiger partial charge is 0.385 e. The fourth-order valence-corrected chi connectivity index (χ4v) is 3.57. The molecule has 1 aromatic rings. The normalized spacial score (nSPS) is 38.5. The van der Waals surface area contributed by atoms with Crippen molar-refractivity contribution in [2.45, 2.75) is 38.2 Å². The molecule has 0 heterocycles. The number of aryl methyl sites for hydroxylation is 1. The Morgan fingerprint density at radius 2 is 2.20 bits per heavy atom. The standard InChI is InChI=1S/C14H18O/c1-10-3-2-4-12(7-10)14(15)9-11-5-6-13(14)8-11/h2-4,7,11,13,15H,5-6,8-9H2,1H3. The van der Waals surface area contributed by atoms with E-state index in [0.29, 0.717) is 5.92 Å². The molecule has 0 aliphatic heterocycles. The summed E-state index contributed by atoms with van der Waals surface area (Å²) < 4.78 is 0. The van der Waals surface area contributed by atoms with Gasteiger partial charge in [-0.15, -0.1) is 0 Å². The minimum Gasteiger partial charge on any atom is -0.385 e. The van der Waals surface area contributed by atoms with Crippen molar-refractivity contribution in [1.29, 1.82) is 0 Å². The van der Waals surface area contributed by atoms with Gasteiger partial charge in [-0.3, -0.25) is 0 Å². The Morgan fingerprint density at radius 3 is 2.80 bits per heavy atom. The molecule has 2 aliphatic rings. The van der Waals surface area contributed by atoms with E-state index in [0.717, 1.165) is 17.9 Å². The topological polar surface area (TPSA) is 20.2 Å². The highest BCUT2D eigenvalue weighted by Crippen LogP contribution is 2.55. The van der Waals surface area contributed by atoms with E-state index >= 15 is 0 Å². The van der Waals surface area contributed by atoms with Crippen LogP contribution in [0.2, 0.25) is 0 Å². The molecule has 0 saturated heterocycles. The Bertz CT molecular complexity index is 385. The zero-order valence-electron chi connectivity index (χ0n) is 9.24. The van der Waals surface area contributed by atoms with Gasteiger partial charge < -0.3 is 5.11 Å². The average molecular weight is 202 g/mol. The van der Waals surface area contributed by atoms with E-state index in [-0.39, 0.29) is 0 Å². The summed E-state index contributed by atoms with van der Waals surface area (Å²) in [6.07, 6.45) is 4.78. The van der Waals surface area contributed by atoms with Gasteiger partial charge in [0.15, 0.2) is 0 Å². The molecule has 2 bridgehead atoms. The molecule has 0 spiro atoms. The second kappa shape index (κ2) is 3.08. The van der Waals surface area contributed by atoms with Crippen LogP contribution >= 0.6 is 0 Å². The summed E-state index contributed by atoms with van der Waals surface area (Å²) in [7, 11) is 0. The van der Waals surface area contributed by atoms with E-state index in [2.05, 4.69) is 31.2 Å². The first-order chi connectivity index (χ1) is 7.18. The third kappa shape index (κ3) is 1.33. The minimum absolute atomic E-state index is 0.505. The second-order valence-corrected chi connectivity index (χ2v) is 5.37. The van der Waals surface area contributed by atoms with E-state index in [1.54, 1.807) is 0 Å². The molecule has 3 rings (SSSR count). The quantitative estimate of drug-likeness (QED) is 0.742. The van der Waals surface area contributed by atoms with Crippen molar-refractivity contribution < 1.29 is 5.11 Å². The fraction of sp³-hybridized carbons (Fsp3) is 0.571.